The fraction of sp³-hybridized carbons (Fsp3) is 0.120. The van der Waals surface area contributed by atoms with Crippen molar-refractivity contribution in [2.75, 3.05) is 19.5 Å². The number of nitrogens with one attached hydrogen (secondary N) is 1. The molecule has 0 radical (unpaired) electrons. The van der Waals surface area contributed by atoms with E-state index in [1.54, 1.807) is 27.2 Å². The number of anilines is 1. The Morgan fingerprint density at radius 2 is 1.65 bits per heavy atom. The number of hydrogen-bond donors (Lipinski definition) is 1. The summed E-state index contributed by atoms with van der Waals surface area (Å²) in [4.78, 5) is 13.1. The Bertz CT molecular complexity index is 1200. The van der Waals surface area contributed by atoms with Gasteiger partial charge in [-0.2, -0.15) is 0 Å². The lowest BCUT2D eigenvalue weighted by Gasteiger charge is -2.13. The zero-order valence-corrected chi connectivity index (χ0v) is 17.5. The van der Waals surface area contributed by atoms with E-state index in [0.29, 0.717) is 28.5 Å². The number of aromatic nitrogens is 1. The first kappa shape index (κ1) is 20.2. The number of aryl methyl sites for hydroxylation is 1. The third kappa shape index (κ3) is 4.14. The highest BCUT2D eigenvalue weighted by atomic mass is 16.5. The fourth-order valence-electron chi connectivity index (χ4n) is 3.41. The fourth-order valence-corrected chi connectivity index (χ4v) is 3.41. The molecule has 0 spiro atoms. The number of ether oxygens (including phenoxy) is 2. The molecule has 0 fully saturated rings. The van der Waals surface area contributed by atoms with Crippen molar-refractivity contribution in [3.8, 4) is 33.9 Å². The third-order valence-corrected chi connectivity index (χ3v) is 5.00. The predicted molar refractivity (Wildman–Crippen MR) is 120 cm³/mol. The van der Waals surface area contributed by atoms with Gasteiger partial charge in [0.2, 0.25) is 0 Å². The summed E-state index contributed by atoms with van der Waals surface area (Å²) in [6.45, 7) is 1.73. The maximum absolute atomic E-state index is 13.1. The summed E-state index contributed by atoms with van der Waals surface area (Å²) >= 11 is 0. The number of carbonyl (C=O) groups excluding carboxylic acids is 1. The van der Waals surface area contributed by atoms with Crippen LogP contribution in [0.3, 0.4) is 0 Å². The van der Waals surface area contributed by atoms with E-state index in [0.717, 1.165) is 22.4 Å². The summed E-state index contributed by atoms with van der Waals surface area (Å²) in [5, 5.41) is 7.05. The molecule has 0 aliphatic rings. The van der Waals surface area contributed by atoms with Gasteiger partial charge in [-0.25, -0.2) is 0 Å². The molecule has 1 heterocycles. The Morgan fingerprint density at radius 1 is 0.903 bits per heavy atom. The minimum Gasteiger partial charge on any atom is -0.497 e. The van der Waals surface area contributed by atoms with Crippen molar-refractivity contribution in [2.24, 2.45) is 0 Å². The monoisotopic (exact) mass is 414 g/mol. The van der Waals surface area contributed by atoms with Gasteiger partial charge >= 0.3 is 0 Å². The molecule has 31 heavy (non-hydrogen) atoms. The van der Waals surface area contributed by atoms with Crippen molar-refractivity contribution < 1.29 is 18.8 Å². The van der Waals surface area contributed by atoms with Gasteiger partial charge in [-0.1, -0.05) is 47.6 Å². The summed E-state index contributed by atoms with van der Waals surface area (Å²) in [6, 6.07) is 22.6. The van der Waals surface area contributed by atoms with Crippen LogP contribution < -0.4 is 14.8 Å². The first-order chi connectivity index (χ1) is 15.1. The molecule has 4 aromatic rings. The van der Waals surface area contributed by atoms with Gasteiger partial charge in [0.05, 0.1) is 14.2 Å². The molecule has 0 aliphatic heterocycles. The van der Waals surface area contributed by atoms with Crippen LogP contribution in [0.1, 0.15) is 16.1 Å². The molecule has 0 atom stereocenters. The Balaban J connectivity index is 1.66. The van der Waals surface area contributed by atoms with Gasteiger partial charge in [-0.05, 0) is 42.8 Å². The first-order valence-electron chi connectivity index (χ1n) is 9.76. The summed E-state index contributed by atoms with van der Waals surface area (Å²) in [7, 11) is 3.25. The maximum Gasteiger partial charge on any atom is 0.261 e. The lowest BCUT2D eigenvalue weighted by atomic mass is 10.0. The van der Waals surface area contributed by atoms with Crippen LogP contribution in [0.2, 0.25) is 0 Å². The van der Waals surface area contributed by atoms with E-state index < -0.39 is 0 Å². The lowest BCUT2D eigenvalue weighted by Crippen LogP contribution is -2.13. The number of benzene rings is 3. The molecule has 0 aliphatic carbocycles. The van der Waals surface area contributed by atoms with E-state index in [-0.39, 0.29) is 5.91 Å². The highest BCUT2D eigenvalue weighted by Gasteiger charge is 2.22. The second-order valence-electron chi connectivity index (χ2n) is 6.93. The van der Waals surface area contributed by atoms with Crippen molar-refractivity contribution in [1.29, 1.82) is 0 Å². The summed E-state index contributed by atoms with van der Waals surface area (Å²) in [5.74, 6) is 1.64. The molecule has 3 aromatic carbocycles. The highest BCUT2D eigenvalue weighted by Crippen LogP contribution is 2.34. The van der Waals surface area contributed by atoms with Crippen molar-refractivity contribution in [2.45, 2.75) is 6.92 Å². The van der Waals surface area contributed by atoms with Crippen LogP contribution in [-0.4, -0.2) is 25.3 Å². The predicted octanol–water partition coefficient (Wildman–Crippen LogP) is 5.59. The molecule has 6 nitrogen and oxygen atoms in total. The van der Waals surface area contributed by atoms with E-state index in [2.05, 4.69) is 10.5 Å². The van der Waals surface area contributed by atoms with Crippen molar-refractivity contribution in [3.05, 3.63) is 84.1 Å². The topological polar surface area (TPSA) is 73.6 Å². The van der Waals surface area contributed by atoms with Gasteiger partial charge in [0.1, 0.15) is 28.5 Å². The molecule has 156 valence electrons. The SMILES string of the molecule is COc1ccc(-c2cc(NC(=O)c3c(-c4ccccc4)noc3C)ccc2OC)cc1. The minimum atomic E-state index is -0.288. The molecule has 0 bridgehead atoms. The zero-order valence-electron chi connectivity index (χ0n) is 17.5. The highest BCUT2D eigenvalue weighted by molar-refractivity contribution is 6.09. The summed E-state index contributed by atoms with van der Waals surface area (Å²) < 4.78 is 16.1. The lowest BCUT2D eigenvalue weighted by molar-refractivity contribution is 0.102. The standard InChI is InChI=1S/C25H22N2O4/c1-16-23(24(27-31-16)18-7-5-4-6-8-18)25(28)26-19-11-14-22(30-3)21(15-19)17-9-12-20(29-2)13-10-17/h4-15H,1-3H3,(H,26,28). The van der Waals surface area contributed by atoms with Crippen molar-refractivity contribution >= 4 is 11.6 Å². The Labute approximate surface area is 180 Å². The Kier molecular flexibility index (Phi) is 5.71. The van der Waals surface area contributed by atoms with Crippen LogP contribution >= 0.6 is 0 Å². The van der Waals surface area contributed by atoms with Crippen LogP contribution in [0.5, 0.6) is 11.5 Å². The molecule has 0 unspecified atom stereocenters. The average Bonchev–Trinajstić information content (AvgIpc) is 3.21. The second-order valence-corrected chi connectivity index (χ2v) is 6.93. The minimum absolute atomic E-state index is 0.288. The molecule has 1 amide bonds. The van der Waals surface area contributed by atoms with Crippen LogP contribution in [0.25, 0.3) is 22.4 Å². The molecule has 0 saturated heterocycles. The summed E-state index contributed by atoms with van der Waals surface area (Å²) in [6.07, 6.45) is 0. The molecular weight excluding hydrogens is 392 g/mol. The van der Waals surface area contributed by atoms with Crippen molar-refractivity contribution in [1.82, 2.24) is 5.16 Å². The molecular formula is C25H22N2O4. The third-order valence-electron chi connectivity index (χ3n) is 5.00. The Hall–Kier alpha value is -4.06. The van der Waals surface area contributed by atoms with Crippen LogP contribution in [0, 0.1) is 6.92 Å². The molecule has 6 heteroatoms. The first-order valence-corrected chi connectivity index (χ1v) is 9.76. The number of rotatable bonds is 6. The number of hydrogen-bond acceptors (Lipinski definition) is 5. The molecule has 0 saturated carbocycles. The van der Waals surface area contributed by atoms with Crippen LogP contribution in [0.4, 0.5) is 5.69 Å². The zero-order chi connectivity index (χ0) is 21.8. The van der Waals surface area contributed by atoms with E-state index in [4.69, 9.17) is 14.0 Å². The summed E-state index contributed by atoms with van der Waals surface area (Å²) in [5.41, 5.74) is 4.18. The van der Waals surface area contributed by atoms with E-state index >= 15 is 0 Å². The van der Waals surface area contributed by atoms with E-state index in [9.17, 15) is 4.79 Å². The number of nitrogens with zero attached hydrogens (tertiary/aromatic N) is 1. The quantitative estimate of drug-likeness (QED) is 0.445. The van der Waals surface area contributed by atoms with Crippen molar-refractivity contribution in [3.63, 3.8) is 0 Å². The van der Waals surface area contributed by atoms with Gasteiger partial charge in [0.25, 0.3) is 5.91 Å². The van der Waals surface area contributed by atoms with E-state index in [1.165, 1.54) is 0 Å². The normalized spacial score (nSPS) is 10.5. The van der Waals surface area contributed by atoms with Gasteiger partial charge in [-0.3, -0.25) is 4.79 Å². The average molecular weight is 414 g/mol. The smallest absolute Gasteiger partial charge is 0.261 e. The molecule has 1 N–H and O–H groups in total. The maximum atomic E-state index is 13.1. The van der Waals surface area contributed by atoms with Crippen LogP contribution in [-0.2, 0) is 0 Å². The van der Waals surface area contributed by atoms with Gasteiger partial charge < -0.3 is 19.3 Å². The van der Waals surface area contributed by atoms with E-state index in [1.807, 2.05) is 66.7 Å². The number of methoxy groups -OCH3 is 2. The number of carbonyl (C=O) groups is 1. The largest absolute Gasteiger partial charge is 0.497 e. The molecule has 4 rings (SSSR count). The second kappa shape index (κ2) is 8.75. The number of amides is 1. The van der Waals surface area contributed by atoms with Crippen LogP contribution in [0.15, 0.2) is 77.3 Å². The van der Waals surface area contributed by atoms with Gasteiger partial charge in [0.15, 0.2) is 0 Å². The van der Waals surface area contributed by atoms with Gasteiger partial charge in [-0.15, -0.1) is 0 Å². The molecule has 1 aromatic heterocycles. The van der Waals surface area contributed by atoms with Gasteiger partial charge in [0, 0.05) is 16.8 Å². The Morgan fingerprint density at radius 3 is 2.32 bits per heavy atom.